The first kappa shape index (κ1) is 25.3. The van der Waals surface area contributed by atoms with Gasteiger partial charge in [-0.1, -0.05) is 48.5 Å². The molecule has 180 valence electrons. The number of amides is 1. The Morgan fingerprint density at radius 3 is 2.46 bits per heavy atom. The first-order valence-electron chi connectivity index (χ1n) is 10.7. The smallest absolute Gasteiger partial charge is 0.282 e. The number of aryl methyl sites for hydroxylation is 1. The molecule has 0 bridgehead atoms. The number of nitrogens with one attached hydrogen (secondary N) is 3. The molecule has 3 rings (SSSR count). The Kier molecular flexibility index (Phi) is 8.43. The molecule has 9 nitrogen and oxygen atoms in total. The van der Waals surface area contributed by atoms with Crippen molar-refractivity contribution in [2.45, 2.75) is 18.2 Å². The highest BCUT2D eigenvalue weighted by atomic mass is 32.2. The van der Waals surface area contributed by atoms with Crippen LogP contribution in [-0.2, 0) is 21.2 Å². The van der Waals surface area contributed by atoms with Gasteiger partial charge in [-0.25, -0.2) is 8.42 Å². The van der Waals surface area contributed by atoms with E-state index in [1.54, 1.807) is 43.3 Å². The Bertz CT molecular complexity index is 1370. The molecule has 3 aromatic rings. The van der Waals surface area contributed by atoms with Gasteiger partial charge in [0.2, 0.25) is 5.71 Å². The minimum atomic E-state index is -3.95. The molecule has 0 heterocycles. The van der Waals surface area contributed by atoms with Crippen LogP contribution in [0.5, 0.6) is 5.75 Å². The number of carbonyl (C=O) groups excluding carboxylic acids is 1. The fourth-order valence-corrected chi connectivity index (χ4v) is 4.21. The zero-order valence-electron chi connectivity index (χ0n) is 19.3. The number of para-hydroxylation sites is 2. The predicted octanol–water partition coefficient (Wildman–Crippen LogP) is 3.45. The summed E-state index contributed by atoms with van der Waals surface area (Å²) in [6, 6.07) is 22.4. The molecule has 0 radical (unpaired) electrons. The molecule has 35 heavy (non-hydrogen) atoms. The Hall–Kier alpha value is -4.36. The van der Waals surface area contributed by atoms with E-state index in [0.717, 1.165) is 5.56 Å². The van der Waals surface area contributed by atoms with Crippen LogP contribution in [-0.4, -0.2) is 33.7 Å². The van der Waals surface area contributed by atoms with Crippen LogP contribution in [0.1, 0.15) is 11.1 Å². The summed E-state index contributed by atoms with van der Waals surface area (Å²) in [6.07, 6.45) is 0.608. The Balaban J connectivity index is 1.71. The van der Waals surface area contributed by atoms with Crippen LogP contribution in [0, 0.1) is 18.3 Å². The molecule has 0 aromatic heterocycles. The van der Waals surface area contributed by atoms with Crippen molar-refractivity contribution in [3.63, 3.8) is 0 Å². The fraction of sp³-hybridized carbons (Fsp3) is 0.160. The standard InChI is InChI=1S/C25H25N5O4S/c1-18-12-13-20(35(32,33)30-21-10-6-7-11-24(21)34-2)16-22(18)28-29-23(17-26)25(31)27-15-14-19-8-4-3-5-9-19/h3-13,16,28,30H,14-15H2,1-2H3,(H,27,31)/b29-23+. The van der Waals surface area contributed by atoms with Crippen molar-refractivity contribution in [2.75, 3.05) is 23.8 Å². The van der Waals surface area contributed by atoms with E-state index in [4.69, 9.17) is 4.74 Å². The van der Waals surface area contributed by atoms with Gasteiger partial charge in [-0.05, 0) is 48.7 Å². The lowest BCUT2D eigenvalue weighted by Crippen LogP contribution is -2.32. The third-order valence-corrected chi connectivity index (χ3v) is 6.39. The molecule has 0 aliphatic rings. The number of rotatable bonds is 10. The summed E-state index contributed by atoms with van der Waals surface area (Å²) in [7, 11) is -2.50. The maximum Gasteiger partial charge on any atom is 0.282 e. The number of anilines is 2. The summed E-state index contributed by atoms with van der Waals surface area (Å²) < 4.78 is 33.5. The SMILES string of the molecule is COc1ccccc1NS(=O)(=O)c1ccc(C)c(N/N=C(\C#N)C(=O)NCCc2ccccc2)c1. The molecule has 0 saturated heterocycles. The normalized spacial score (nSPS) is 11.3. The van der Waals surface area contributed by atoms with Gasteiger partial charge < -0.3 is 10.1 Å². The lowest BCUT2D eigenvalue weighted by molar-refractivity contribution is -0.114. The summed E-state index contributed by atoms with van der Waals surface area (Å²) >= 11 is 0. The number of methoxy groups -OCH3 is 1. The maximum absolute atomic E-state index is 12.9. The summed E-state index contributed by atoms with van der Waals surface area (Å²) in [5, 5.41) is 15.9. The van der Waals surface area contributed by atoms with Crippen LogP contribution in [0.3, 0.4) is 0 Å². The van der Waals surface area contributed by atoms with E-state index in [2.05, 4.69) is 20.6 Å². The second-order valence-corrected chi connectivity index (χ2v) is 9.14. The number of carbonyl (C=O) groups is 1. The van der Waals surface area contributed by atoms with Crippen molar-refractivity contribution < 1.29 is 17.9 Å². The summed E-state index contributed by atoms with van der Waals surface area (Å²) in [6.45, 7) is 2.08. The molecule has 3 aromatic carbocycles. The Labute approximate surface area is 204 Å². The Morgan fingerprint density at radius 1 is 1.03 bits per heavy atom. The summed E-state index contributed by atoms with van der Waals surface area (Å²) in [5.41, 5.74) is 4.61. The highest BCUT2D eigenvalue weighted by Crippen LogP contribution is 2.27. The number of hydrogen-bond acceptors (Lipinski definition) is 7. The largest absolute Gasteiger partial charge is 0.495 e. The van der Waals surface area contributed by atoms with Gasteiger partial charge in [-0.3, -0.25) is 14.9 Å². The number of hydrogen-bond donors (Lipinski definition) is 3. The molecule has 0 aliphatic carbocycles. The van der Waals surface area contributed by atoms with E-state index in [0.29, 0.717) is 35.7 Å². The third-order valence-electron chi connectivity index (χ3n) is 5.02. The van der Waals surface area contributed by atoms with Gasteiger partial charge in [0.05, 0.1) is 23.4 Å². The van der Waals surface area contributed by atoms with Crippen LogP contribution in [0.25, 0.3) is 0 Å². The minimum absolute atomic E-state index is 0.0301. The van der Waals surface area contributed by atoms with E-state index in [9.17, 15) is 18.5 Å². The fourth-order valence-electron chi connectivity index (χ4n) is 3.11. The van der Waals surface area contributed by atoms with Crippen LogP contribution in [0.4, 0.5) is 11.4 Å². The van der Waals surface area contributed by atoms with Gasteiger partial charge in [0, 0.05) is 6.54 Å². The van der Waals surface area contributed by atoms with E-state index in [1.807, 2.05) is 30.3 Å². The van der Waals surface area contributed by atoms with E-state index in [1.165, 1.54) is 19.2 Å². The van der Waals surface area contributed by atoms with Crippen molar-refractivity contribution in [1.82, 2.24) is 5.32 Å². The molecule has 0 spiro atoms. The van der Waals surface area contributed by atoms with Crippen molar-refractivity contribution in [1.29, 1.82) is 5.26 Å². The van der Waals surface area contributed by atoms with Gasteiger partial charge >= 0.3 is 0 Å². The number of nitriles is 1. The van der Waals surface area contributed by atoms with Crippen LogP contribution in [0.2, 0.25) is 0 Å². The quantitative estimate of drug-likeness (QED) is 0.294. The van der Waals surface area contributed by atoms with Crippen molar-refractivity contribution in [3.8, 4) is 11.8 Å². The molecular formula is C25H25N5O4S. The zero-order valence-corrected chi connectivity index (χ0v) is 20.1. The predicted molar refractivity (Wildman–Crippen MR) is 135 cm³/mol. The van der Waals surface area contributed by atoms with Crippen molar-refractivity contribution >= 4 is 33.0 Å². The van der Waals surface area contributed by atoms with Gasteiger partial charge in [0.1, 0.15) is 11.8 Å². The number of sulfonamides is 1. The van der Waals surface area contributed by atoms with E-state index >= 15 is 0 Å². The summed E-state index contributed by atoms with van der Waals surface area (Å²) in [5.74, 6) is -0.252. The lowest BCUT2D eigenvalue weighted by atomic mass is 10.1. The summed E-state index contributed by atoms with van der Waals surface area (Å²) in [4.78, 5) is 12.3. The lowest BCUT2D eigenvalue weighted by Gasteiger charge is -2.13. The number of nitrogens with zero attached hydrogens (tertiary/aromatic N) is 2. The average Bonchev–Trinajstić information content (AvgIpc) is 2.86. The molecule has 1 amide bonds. The maximum atomic E-state index is 12.9. The first-order chi connectivity index (χ1) is 16.8. The van der Waals surface area contributed by atoms with Crippen molar-refractivity contribution in [2.24, 2.45) is 5.10 Å². The second-order valence-electron chi connectivity index (χ2n) is 7.46. The number of hydrazone groups is 1. The van der Waals surface area contributed by atoms with Gasteiger partial charge in [0.15, 0.2) is 0 Å². The highest BCUT2D eigenvalue weighted by Gasteiger charge is 2.18. The van der Waals surface area contributed by atoms with Crippen LogP contribution >= 0.6 is 0 Å². The van der Waals surface area contributed by atoms with Gasteiger partial charge in [-0.2, -0.15) is 10.4 Å². The topological polar surface area (TPSA) is 133 Å². The first-order valence-corrected chi connectivity index (χ1v) is 12.1. The average molecular weight is 492 g/mol. The van der Waals surface area contributed by atoms with Gasteiger partial charge in [-0.15, -0.1) is 0 Å². The molecule has 0 fully saturated rings. The van der Waals surface area contributed by atoms with Crippen LogP contribution < -0.4 is 20.2 Å². The molecule has 0 aliphatic heterocycles. The van der Waals surface area contributed by atoms with Gasteiger partial charge in [0.25, 0.3) is 15.9 Å². The second kappa shape index (κ2) is 11.7. The zero-order chi connectivity index (χ0) is 25.3. The number of benzene rings is 3. The molecule has 10 heteroatoms. The number of ether oxygens (including phenoxy) is 1. The molecule has 0 atom stereocenters. The molecule has 0 saturated carbocycles. The monoisotopic (exact) mass is 491 g/mol. The third kappa shape index (κ3) is 6.82. The van der Waals surface area contributed by atoms with E-state index < -0.39 is 15.9 Å². The van der Waals surface area contributed by atoms with Crippen molar-refractivity contribution in [3.05, 3.63) is 83.9 Å². The Morgan fingerprint density at radius 2 is 1.74 bits per heavy atom. The van der Waals surface area contributed by atoms with E-state index in [-0.39, 0.29) is 10.6 Å². The van der Waals surface area contributed by atoms with Crippen LogP contribution in [0.15, 0.2) is 82.8 Å². The molecular weight excluding hydrogens is 466 g/mol. The minimum Gasteiger partial charge on any atom is -0.495 e. The highest BCUT2D eigenvalue weighted by molar-refractivity contribution is 7.92. The molecule has 0 unspecified atom stereocenters. The molecule has 3 N–H and O–H groups in total.